The van der Waals surface area contributed by atoms with Gasteiger partial charge in [-0.1, -0.05) is 92.7 Å². The predicted octanol–water partition coefficient (Wildman–Crippen LogP) is 5.70. The smallest absolute Gasteiger partial charge is 0.205 e. The number of nitrogens with one attached hydrogen (secondary N) is 1. The first kappa shape index (κ1) is 25.4. The van der Waals surface area contributed by atoms with Crippen molar-refractivity contribution in [1.29, 1.82) is 0 Å². The van der Waals surface area contributed by atoms with E-state index in [1.165, 1.54) is 11.1 Å². The quantitative estimate of drug-likeness (QED) is 0.263. The van der Waals surface area contributed by atoms with Crippen molar-refractivity contribution in [2.45, 2.75) is 39.7 Å². The van der Waals surface area contributed by atoms with Crippen LogP contribution >= 0.6 is 0 Å². The average molecular weight is 507 g/mol. The van der Waals surface area contributed by atoms with E-state index < -0.39 is 0 Å². The van der Waals surface area contributed by atoms with E-state index in [0.717, 1.165) is 73.4 Å². The van der Waals surface area contributed by atoms with Crippen LogP contribution in [-0.2, 0) is 17.8 Å². The molecule has 0 unspecified atom stereocenters. The molecule has 0 fully saturated rings. The molecule has 1 aliphatic heterocycles. The van der Waals surface area contributed by atoms with Gasteiger partial charge in [0.2, 0.25) is 5.82 Å². The molecular weight excluding hydrogens is 472 g/mol. The molecule has 0 spiro atoms. The van der Waals surface area contributed by atoms with E-state index in [4.69, 9.17) is 0 Å². The van der Waals surface area contributed by atoms with Gasteiger partial charge in [-0.3, -0.25) is 4.79 Å². The van der Waals surface area contributed by atoms with Gasteiger partial charge in [0.25, 0.3) is 0 Å². The minimum Gasteiger partial charge on any atom is -0.351 e. The average Bonchev–Trinajstić information content (AvgIpc) is 3.60. The Morgan fingerprint density at radius 1 is 0.868 bits per heavy atom. The Bertz CT molecular complexity index is 1360. The third-order valence-electron chi connectivity index (χ3n) is 7.09. The predicted molar refractivity (Wildman–Crippen MR) is 149 cm³/mol. The van der Waals surface area contributed by atoms with Crippen LogP contribution in [0.1, 0.15) is 37.8 Å². The minimum atomic E-state index is 0.578. The Morgan fingerprint density at radius 3 is 2.29 bits per heavy atom. The number of allylic oxidation sites excluding steroid dienone is 2. The van der Waals surface area contributed by atoms with Crippen molar-refractivity contribution in [3.8, 4) is 22.5 Å². The molecule has 0 atom stereocenters. The van der Waals surface area contributed by atoms with Crippen molar-refractivity contribution in [1.82, 2.24) is 30.4 Å². The highest BCUT2D eigenvalue weighted by Gasteiger charge is 2.28. The van der Waals surface area contributed by atoms with Gasteiger partial charge >= 0.3 is 0 Å². The van der Waals surface area contributed by atoms with Crippen LogP contribution in [0.15, 0.2) is 90.3 Å². The Labute approximate surface area is 224 Å². The van der Waals surface area contributed by atoms with E-state index in [1.807, 2.05) is 24.3 Å². The molecule has 3 aromatic carbocycles. The number of aromatic amines is 1. The van der Waals surface area contributed by atoms with Gasteiger partial charge in [-0.15, -0.1) is 10.2 Å². The zero-order valence-electron chi connectivity index (χ0n) is 22.0. The van der Waals surface area contributed by atoms with Crippen LogP contribution in [0.25, 0.3) is 22.5 Å². The van der Waals surface area contributed by atoms with Gasteiger partial charge in [0, 0.05) is 24.4 Å². The highest BCUT2D eigenvalue weighted by atomic mass is 16.1. The summed E-state index contributed by atoms with van der Waals surface area (Å²) in [5.74, 6) is 1.16. The van der Waals surface area contributed by atoms with E-state index >= 15 is 0 Å². The van der Waals surface area contributed by atoms with Gasteiger partial charge in [-0.2, -0.15) is 5.21 Å². The second kappa shape index (κ2) is 11.9. The Kier molecular flexibility index (Phi) is 7.92. The van der Waals surface area contributed by atoms with Crippen molar-refractivity contribution in [3.05, 3.63) is 101 Å². The number of tetrazole rings is 1. The molecule has 0 amide bonds. The Balaban J connectivity index is 1.34. The molecule has 5 rings (SSSR count). The fourth-order valence-corrected chi connectivity index (χ4v) is 5.03. The number of hydrogen-bond donors (Lipinski definition) is 1. The zero-order valence-corrected chi connectivity index (χ0v) is 22.0. The van der Waals surface area contributed by atoms with Crippen molar-refractivity contribution in [2.24, 2.45) is 5.92 Å². The largest absolute Gasteiger partial charge is 0.351 e. The first-order valence-electron chi connectivity index (χ1n) is 13.3. The molecule has 0 aliphatic carbocycles. The lowest BCUT2D eigenvalue weighted by Gasteiger charge is -2.25. The topological polar surface area (TPSA) is 78.0 Å². The minimum absolute atomic E-state index is 0.578. The molecule has 1 aromatic heterocycles. The number of carbonyl (C=O) groups is 1. The number of nitrogens with zero attached hydrogens (tertiary/aromatic N) is 5. The van der Waals surface area contributed by atoms with Crippen molar-refractivity contribution < 1.29 is 4.79 Å². The third kappa shape index (κ3) is 5.83. The zero-order chi connectivity index (χ0) is 26.3. The lowest BCUT2D eigenvalue weighted by atomic mass is 9.98. The molecule has 1 aliphatic rings. The van der Waals surface area contributed by atoms with Crippen LogP contribution in [0, 0.1) is 5.92 Å². The molecule has 0 saturated heterocycles. The van der Waals surface area contributed by atoms with Gasteiger partial charge in [-0.25, -0.2) is 0 Å². The standard InChI is InChI=1S/C31H34N6O/c1-23(2)12-17-29-30(21-38)36(19-18-24-8-4-3-5-9-24)22-37(29)20-25-13-15-26(16-14-25)27-10-6-7-11-28(27)31-32-34-35-33-31/h3-11,13-16,21,23H,12,17-20,22H2,1-2H3,(H,32,33,34,35). The molecule has 7 nitrogen and oxygen atoms in total. The summed E-state index contributed by atoms with van der Waals surface area (Å²) in [6.45, 7) is 6.79. The normalized spacial score (nSPS) is 13.6. The fraction of sp³-hybridized carbons (Fsp3) is 0.290. The lowest BCUT2D eigenvalue weighted by Crippen LogP contribution is -2.29. The molecule has 0 bridgehead atoms. The molecule has 194 valence electrons. The summed E-state index contributed by atoms with van der Waals surface area (Å²) in [5, 5.41) is 14.6. The van der Waals surface area contributed by atoms with E-state index in [9.17, 15) is 4.79 Å². The van der Waals surface area contributed by atoms with E-state index in [0.29, 0.717) is 11.7 Å². The fourth-order valence-electron chi connectivity index (χ4n) is 5.03. The Hall–Kier alpha value is -4.26. The molecule has 7 heteroatoms. The van der Waals surface area contributed by atoms with Crippen LogP contribution in [0.2, 0.25) is 0 Å². The second-order valence-corrected chi connectivity index (χ2v) is 10.2. The maximum atomic E-state index is 12.3. The highest BCUT2D eigenvalue weighted by molar-refractivity contribution is 5.80. The van der Waals surface area contributed by atoms with Gasteiger partial charge in [0.15, 0.2) is 6.29 Å². The maximum Gasteiger partial charge on any atom is 0.205 e. The number of benzene rings is 3. The summed E-state index contributed by atoms with van der Waals surface area (Å²) in [5.41, 5.74) is 7.61. The van der Waals surface area contributed by atoms with E-state index in [-0.39, 0.29) is 0 Å². The van der Waals surface area contributed by atoms with Gasteiger partial charge in [-0.05, 0) is 52.6 Å². The summed E-state index contributed by atoms with van der Waals surface area (Å²) in [4.78, 5) is 16.9. The van der Waals surface area contributed by atoms with Crippen LogP contribution in [0.4, 0.5) is 0 Å². The second-order valence-electron chi connectivity index (χ2n) is 10.2. The maximum absolute atomic E-state index is 12.3. The number of rotatable bonds is 11. The summed E-state index contributed by atoms with van der Waals surface area (Å²) in [6.07, 6.45) is 3.93. The molecule has 0 radical (unpaired) electrons. The van der Waals surface area contributed by atoms with E-state index in [1.54, 1.807) is 0 Å². The first-order chi connectivity index (χ1) is 18.6. The molecule has 4 aromatic rings. The van der Waals surface area contributed by atoms with Crippen molar-refractivity contribution >= 4 is 6.29 Å². The molecule has 2 heterocycles. The van der Waals surface area contributed by atoms with Crippen molar-refractivity contribution in [3.63, 3.8) is 0 Å². The number of aromatic nitrogens is 4. The third-order valence-corrected chi connectivity index (χ3v) is 7.09. The summed E-state index contributed by atoms with van der Waals surface area (Å²) >= 11 is 0. The van der Waals surface area contributed by atoms with Gasteiger partial charge in [0.1, 0.15) is 0 Å². The number of aldehydes is 1. The lowest BCUT2D eigenvalue weighted by molar-refractivity contribution is -0.106. The SMILES string of the molecule is CC(C)CCC1=C(C=O)N(CCc2ccccc2)CN1Cc1ccc(-c2ccccc2-c2nn[nH]n2)cc1. The van der Waals surface area contributed by atoms with E-state index in [2.05, 4.69) is 98.9 Å². The monoisotopic (exact) mass is 506 g/mol. The number of H-pyrrole nitrogens is 1. The molecule has 0 saturated carbocycles. The Morgan fingerprint density at radius 2 is 1.61 bits per heavy atom. The number of carbonyl (C=O) groups excluding carboxylic acids is 1. The van der Waals surface area contributed by atoms with Crippen LogP contribution in [-0.4, -0.2) is 49.9 Å². The highest BCUT2D eigenvalue weighted by Crippen LogP contribution is 2.32. The van der Waals surface area contributed by atoms with Gasteiger partial charge in [0.05, 0.1) is 12.4 Å². The number of hydrogen-bond acceptors (Lipinski definition) is 6. The molecule has 38 heavy (non-hydrogen) atoms. The summed E-state index contributed by atoms with van der Waals surface area (Å²) in [6, 6.07) is 27.2. The van der Waals surface area contributed by atoms with Gasteiger partial charge < -0.3 is 9.80 Å². The van der Waals surface area contributed by atoms with Crippen molar-refractivity contribution in [2.75, 3.05) is 13.2 Å². The van der Waals surface area contributed by atoms with Crippen LogP contribution < -0.4 is 0 Å². The summed E-state index contributed by atoms with van der Waals surface area (Å²) < 4.78 is 0. The van der Waals surface area contributed by atoms with Crippen LogP contribution in [0.3, 0.4) is 0 Å². The van der Waals surface area contributed by atoms with Crippen LogP contribution in [0.5, 0.6) is 0 Å². The first-order valence-corrected chi connectivity index (χ1v) is 13.3. The summed E-state index contributed by atoms with van der Waals surface area (Å²) in [7, 11) is 0. The molecular formula is C31H34N6O. The molecule has 1 N–H and O–H groups in total.